The number of hydrogen-bond donors (Lipinski definition) is 2. The minimum absolute atomic E-state index is 0.121. The van der Waals surface area contributed by atoms with Crippen LogP contribution < -0.4 is 5.32 Å². The van der Waals surface area contributed by atoms with E-state index in [9.17, 15) is 4.79 Å². The maximum atomic E-state index is 12.2. The molecule has 20 heavy (non-hydrogen) atoms. The first-order chi connectivity index (χ1) is 9.61. The molecule has 0 spiro atoms. The first-order valence-corrected chi connectivity index (χ1v) is 6.59. The molecule has 1 aromatic heterocycles. The second kappa shape index (κ2) is 4.85. The van der Waals surface area contributed by atoms with Crippen molar-refractivity contribution in [3.8, 4) is 0 Å². The van der Waals surface area contributed by atoms with E-state index < -0.39 is 0 Å². The van der Waals surface area contributed by atoms with Crippen LogP contribution in [0.25, 0.3) is 10.9 Å². The smallest absolute Gasteiger partial charge is 0.272 e. The fourth-order valence-electron chi connectivity index (χ4n) is 2.30. The largest absolute Gasteiger partial charge is 0.351 e. The van der Waals surface area contributed by atoms with Gasteiger partial charge in [-0.2, -0.15) is 0 Å². The van der Waals surface area contributed by atoms with Crippen molar-refractivity contribution in [2.45, 2.75) is 13.8 Å². The molecule has 1 heterocycles. The molecule has 3 rings (SSSR count). The van der Waals surface area contributed by atoms with Gasteiger partial charge >= 0.3 is 0 Å². The highest BCUT2D eigenvalue weighted by Gasteiger charge is 2.09. The Balaban J connectivity index is 1.88. The summed E-state index contributed by atoms with van der Waals surface area (Å²) in [7, 11) is 0. The first kappa shape index (κ1) is 12.5. The van der Waals surface area contributed by atoms with E-state index in [-0.39, 0.29) is 5.91 Å². The van der Waals surface area contributed by atoms with Crippen molar-refractivity contribution < 1.29 is 4.79 Å². The first-order valence-electron chi connectivity index (χ1n) is 6.59. The molecule has 3 aromatic rings. The fourth-order valence-corrected chi connectivity index (χ4v) is 2.30. The molecule has 0 saturated carbocycles. The Morgan fingerprint density at radius 2 is 1.80 bits per heavy atom. The number of nitrogens with one attached hydrogen (secondary N) is 2. The van der Waals surface area contributed by atoms with Gasteiger partial charge in [-0.25, -0.2) is 0 Å². The molecule has 2 N–H and O–H groups in total. The van der Waals surface area contributed by atoms with Crippen LogP contribution in [0.3, 0.4) is 0 Å². The van der Waals surface area contributed by atoms with Gasteiger partial charge in [0.15, 0.2) is 0 Å². The summed E-state index contributed by atoms with van der Waals surface area (Å²) in [6.07, 6.45) is 0. The molecule has 3 heteroatoms. The van der Waals surface area contributed by atoms with Crippen LogP contribution in [0.2, 0.25) is 0 Å². The van der Waals surface area contributed by atoms with Gasteiger partial charge in [-0.15, -0.1) is 0 Å². The molecular formula is C17H16N2O. The van der Waals surface area contributed by atoms with Crippen LogP contribution in [-0.4, -0.2) is 10.9 Å². The molecule has 0 saturated heterocycles. The predicted molar refractivity (Wildman–Crippen MR) is 82.2 cm³/mol. The lowest BCUT2D eigenvalue weighted by Crippen LogP contribution is -2.12. The van der Waals surface area contributed by atoms with Crippen molar-refractivity contribution in [1.82, 2.24) is 4.98 Å². The number of carbonyl (C=O) groups is 1. The SMILES string of the molecule is Cc1cccc(NC(=O)c2cc3cc(C)ccc3[nH]2)c1. The number of benzene rings is 2. The van der Waals surface area contributed by atoms with Crippen LogP contribution in [0.15, 0.2) is 48.5 Å². The van der Waals surface area contributed by atoms with Crippen LogP contribution in [0.5, 0.6) is 0 Å². The van der Waals surface area contributed by atoms with Crippen molar-refractivity contribution in [3.63, 3.8) is 0 Å². The van der Waals surface area contributed by atoms with Gasteiger partial charge in [0.2, 0.25) is 0 Å². The van der Waals surface area contributed by atoms with Crippen LogP contribution in [0, 0.1) is 13.8 Å². The standard InChI is InChI=1S/C17H16N2O/c1-11-4-3-5-14(9-11)18-17(20)16-10-13-8-12(2)6-7-15(13)19-16/h3-10,19H,1-2H3,(H,18,20). The van der Waals surface area contributed by atoms with Crippen LogP contribution >= 0.6 is 0 Å². The topological polar surface area (TPSA) is 44.9 Å². The molecule has 0 unspecified atom stereocenters. The Morgan fingerprint density at radius 3 is 2.60 bits per heavy atom. The summed E-state index contributed by atoms with van der Waals surface area (Å²) in [5.41, 5.74) is 4.67. The van der Waals surface area contributed by atoms with Gasteiger partial charge in [-0.1, -0.05) is 23.8 Å². The van der Waals surface area contributed by atoms with Crippen molar-refractivity contribution >= 4 is 22.5 Å². The fraction of sp³-hybridized carbons (Fsp3) is 0.118. The third-order valence-corrected chi connectivity index (χ3v) is 3.30. The molecule has 0 aliphatic carbocycles. The third-order valence-electron chi connectivity index (χ3n) is 3.30. The molecule has 0 aliphatic heterocycles. The van der Waals surface area contributed by atoms with Crippen molar-refractivity contribution in [2.24, 2.45) is 0 Å². The van der Waals surface area contributed by atoms with Crippen LogP contribution in [0.4, 0.5) is 5.69 Å². The molecule has 3 nitrogen and oxygen atoms in total. The molecule has 0 aliphatic rings. The monoisotopic (exact) mass is 264 g/mol. The summed E-state index contributed by atoms with van der Waals surface area (Å²) >= 11 is 0. The summed E-state index contributed by atoms with van der Waals surface area (Å²) in [6, 6.07) is 15.7. The predicted octanol–water partition coefficient (Wildman–Crippen LogP) is 4.04. The number of carbonyl (C=O) groups excluding carboxylic acids is 1. The number of aromatic amines is 1. The van der Waals surface area contributed by atoms with E-state index in [1.807, 2.05) is 56.3 Å². The molecule has 1 amide bonds. The molecule has 2 aromatic carbocycles. The molecule has 0 fully saturated rings. The molecular weight excluding hydrogens is 248 g/mol. The maximum absolute atomic E-state index is 12.2. The Hall–Kier alpha value is -2.55. The summed E-state index contributed by atoms with van der Waals surface area (Å²) in [4.78, 5) is 15.4. The zero-order valence-electron chi connectivity index (χ0n) is 11.5. The summed E-state index contributed by atoms with van der Waals surface area (Å²) in [6.45, 7) is 4.04. The minimum atomic E-state index is -0.121. The van der Waals surface area contributed by atoms with E-state index in [1.54, 1.807) is 0 Å². The quantitative estimate of drug-likeness (QED) is 0.721. The van der Waals surface area contributed by atoms with Gasteiger partial charge in [-0.05, 0) is 49.7 Å². The van der Waals surface area contributed by atoms with E-state index in [4.69, 9.17) is 0 Å². The Labute approximate surface area is 117 Å². The van der Waals surface area contributed by atoms with Crippen LogP contribution in [0.1, 0.15) is 21.6 Å². The number of amides is 1. The normalized spacial score (nSPS) is 10.7. The average molecular weight is 264 g/mol. The van der Waals surface area contributed by atoms with Crippen LogP contribution in [-0.2, 0) is 0 Å². The highest BCUT2D eigenvalue weighted by molar-refractivity contribution is 6.06. The maximum Gasteiger partial charge on any atom is 0.272 e. The van der Waals surface area contributed by atoms with Crippen molar-refractivity contribution in [2.75, 3.05) is 5.32 Å². The second-order valence-electron chi connectivity index (χ2n) is 5.10. The van der Waals surface area contributed by atoms with Gasteiger partial charge in [0.1, 0.15) is 5.69 Å². The zero-order valence-corrected chi connectivity index (χ0v) is 11.5. The minimum Gasteiger partial charge on any atom is -0.351 e. The lowest BCUT2D eigenvalue weighted by atomic mass is 10.2. The Morgan fingerprint density at radius 1 is 1.00 bits per heavy atom. The average Bonchev–Trinajstić information content (AvgIpc) is 2.81. The Kier molecular flexibility index (Phi) is 3.03. The third kappa shape index (κ3) is 2.43. The number of aromatic nitrogens is 1. The van der Waals surface area contributed by atoms with E-state index in [1.165, 1.54) is 5.56 Å². The van der Waals surface area contributed by atoms with Gasteiger partial charge in [0.05, 0.1) is 0 Å². The van der Waals surface area contributed by atoms with E-state index in [0.717, 1.165) is 22.2 Å². The lowest BCUT2D eigenvalue weighted by molar-refractivity contribution is 0.102. The number of rotatable bonds is 2. The number of aryl methyl sites for hydroxylation is 2. The van der Waals surface area contributed by atoms with Gasteiger partial charge in [0, 0.05) is 16.6 Å². The summed E-state index contributed by atoms with van der Waals surface area (Å²) < 4.78 is 0. The highest BCUT2D eigenvalue weighted by atomic mass is 16.1. The van der Waals surface area contributed by atoms with Crippen molar-refractivity contribution in [3.05, 3.63) is 65.4 Å². The number of anilines is 1. The molecule has 100 valence electrons. The van der Waals surface area contributed by atoms with E-state index >= 15 is 0 Å². The second-order valence-corrected chi connectivity index (χ2v) is 5.10. The highest BCUT2D eigenvalue weighted by Crippen LogP contribution is 2.18. The van der Waals surface area contributed by atoms with Gasteiger partial charge in [-0.3, -0.25) is 4.79 Å². The molecule has 0 atom stereocenters. The Bertz CT molecular complexity index is 787. The molecule has 0 radical (unpaired) electrons. The number of H-pyrrole nitrogens is 1. The number of hydrogen-bond acceptors (Lipinski definition) is 1. The van der Waals surface area contributed by atoms with Gasteiger partial charge < -0.3 is 10.3 Å². The van der Waals surface area contributed by atoms with Gasteiger partial charge in [0.25, 0.3) is 5.91 Å². The lowest BCUT2D eigenvalue weighted by Gasteiger charge is -2.04. The van der Waals surface area contributed by atoms with Crippen molar-refractivity contribution in [1.29, 1.82) is 0 Å². The summed E-state index contributed by atoms with van der Waals surface area (Å²) in [5, 5.41) is 3.96. The molecule has 0 bridgehead atoms. The number of fused-ring (bicyclic) bond motifs is 1. The zero-order chi connectivity index (χ0) is 14.1. The van der Waals surface area contributed by atoms with E-state index in [2.05, 4.69) is 16.4 Å². The van der Waals surface area contributed by atoms with E-state index in [0.29, 0.717) is 5.69 Å². The summed E-state index contributed by atoms with van der Waals surface area (Å²) in [5.74, 6) is -0.121.